The van der Waals surface area contributed by atoms with Crippen LogP contribution in [0.1, 0.15) is 37.2 Å². The first-order valence-electron chi connectivity index (χ1n) is 6.89. The third-order valence-electron chi connectivity index (χ3n) is 3.95. The third-order valence-corrected chi connectivity index (χ3v) is 4.92. The number of nitrogens with one attached hydrogen (secondary N) is 1. The highest BCUT2D eigenvalue weighted by Crippen LogP contribution is 2.34. The molecule has 0 amide bonds. The van der Waals surface area contributed by atoms with Crippen LogP contribution in [-0.2, 0) is 0 Å². The molecule has 1 heterocycles. The van der Waals surface area contributed by atoms with Crippen molar-refractivity contribution in [3.63, 3.8) is 0 Å². The summed E-state index contributed by atoms with van der Waals surface area (Å²) in [6.45, 7) is 0. The molecule has 2 aromatic rings. The van der Waals surface area contributed by atoms with Crippen LogP contribution in [0, 0.1) is 0 Å². The molecule has 0 radical (unpaired) electrons. The van der Waals surface area contributed by atoms with E-state index >= 15 is 0 Å². The van der Waals surface area contributed by atoms with E-state index in [1.165, 1.54) is 0 Å². The molecule has 1 aliphatic rings. The van der Waals surface area contributed by atoms with E-state index in [1.807, 2.05) is 6.07 Å². The molecule has 110 valence electrons. The maximum Gasteiger partial charge on any atom is 0.334 e. The molecular formula is C15H14BrClN2O2. The van der Waals surface area contributed by atoms with Gasteiger partial charge in [0.15, 0.2) is 0 Å². The molecule has 0 spiro atoms. The molecule has 21 heavy (non-hydrogen) atoms. The Bertz CT molecular complexity index is 791. The first kappa shape index (κ1) is 14.6. The van der Waals surface area contributed by atoms with Crippen molar-refractivity contribution in [3.05, 3.63) is 60.3 Å². The lowest BCUT2D eigenvalue weighted by Gasteiger charge is -2.14. The molecule has 1 aromatic carbocycles. The Morgan fingerprint density at radius 1 is 1.19 bits per heavy atom. The van der Waals surface area contributed by atoms with Gasteiger partial charge in [0.2, 0.25) is 0 Å². The number of rotatable bonds is 2. The van der Waals surface area contributed by atoms with Crippen LogP contribution in [0.25, 0.3) is 5.69 Å². The highest BCUT2D eigenvalue weighted by atomic mass is 79.9. The second-order valence-electron chi connectivity index (χ2n) is 5.23. The van der Waals surface area contributed by atoms with Gasteiger partial charge in [-0.3, -0.25) is 9.78 Å². The maximum atomic E-state index is 12.8. The van der Waals surface area contributed by atoms with Crippen LogP contribution in [0.15, 0.2) is 38.3 Å². The summed E-state index contributed by atoms with van der Waals surface area (Å²) in [5, 5.41) is 0.181. The number of nitrogens with zero attached hydrogens (tertiary/aromatic N) is 1. The molecule has 0 atom stereocenters. The summed E-state index contributed by atoms with van der Waals surface area (Å²) in [5.41, 5.74) is 0.227. The first-order chi connectivity index (χ1) is 10.1. The molecule has 4 nitrogen and oxygen atoms in total. The fourth-order valence-electron chi connectivity index (χ4n) is 2.94. The predicted octanol–water partition coefficient (Wildman–Crippen LogP) is 3.60. The van der Waals surface area contributed by atoms with Gasteiger partial charge in [-0.25, -0.2) is 9.36 Å². The van der Waals surface area contributed by atoms with Crippen LogP contribution >= 0.6 is 27.5 Å². The van der Waals surface area contributed by atoms with E-state index in [4.69, 9.17) is 11.6 Å². The first-order valence-corrected chi connectivity index (χ1v) is 8.06. The van der Waals surface area contributed by atoms with E-state index in [0.29, 0.717) is 15.7 Å². The zero-order valence-electron chi connectivity index (χ0n) is 11.2. The summed E-state index contributed by atoms with van der Waals surface area (Å²) < 4.78 is 1.85. The van der Waals surface area contributed by atoms with Gasteiger partial charge in [0.05, 0.1) is 11.3 Å². The lowest BCUT2D eigenvalue weighted by molar-refractivity contribution is 0.688. The smallest absolute Gasteiger partial charge is 0.297 e. The van der Waals surface area contributed by atoms with Crippen molar-refractivity contribution in [1.82, 2.24) is 9.55 Å². The summed E-state index contributed by atoms with van der Waals surface area (Å²) in [7, 11) is 0. The minimum absolute atomic E-state index is 0.135. The van der Waals surface area contributed by atoms with Crippen molar-refractivity contribution in [3.8, 4) is 5.69 Å². The maximum absolute atomic E-state index is 12.8. The molecule has 1 aliphatic carbocycles. The van der Waals surface area contributed by atoms with E-state index in [2.05, 4.69) is 20.9 Å². The van der Waals surface area contributed by atoms with Crippen molar-refractivity contribution >= 4 is 27.5 Å². The molecule has 1 aromatic heterocycles. The van der Waals surface area contributed by atoms with Gasteiger partial charge in [-0.1, -0.05) is 36.6 Å². The number of benzene rings is 1. The van der Waals surface area contributed by atoms with Gasteiger partial charge in [0.1, 0.15) is 5.15 Å². The number of halogens is 2. The number of para-hydroxylation sites is 1. The second-order valence-corrected chi connectivity index (χ2v) is 6.46. The number of H-pyrrole nitrogens is 1. The summed E-state index contributed by atoms with van der Waals surface area (Å²) >= 11 is 9.52. The molecule has 1 N–H and O–H groups in total. The average Bonchev–Trinajstić information content (AvgIpc) is 2.94. The molecule has 1 fully saturated rings. The van der Waals surface area contributed by atoms with E-state index < -0.39 is 5.69 Å². The topological polar surface area (TPSA) is 54.9 Å². The summed E-state index contributed by atoms with van der Waals surface area (Å²) in [6.07, 6.45) is 4.07. The van der Waals surface area contributed by atoms with Gasteiger partial charge in [0, 0.05) is 4.47 Å². The van der Waals surface area contributed by atoms with E-state index in [0.717, 1.165) is 30.3 Å². The normalized spacial score (nSPS) is 15.5. The predicted molar refractivity (Wildman–Crippen MR) is 86.6 cm³/mol. The average molecular weight is 370 g/mol. The van der Waals surface area contributed by atoms with Gasteiger partial charge in [0.25, 0.3) is 5.56 Å². The number of aromatic nitrogens is 2. The van der Waals surface area contributed by atoms with Crippen molar-refractivity contribution < 1.29 is 0 Å². The van der Waals surface area contributed by atoms with Crippen LogP contribution in [-0.4, -0.2) is 9.55 Å². The zero-order chi connectivity index (χ0) is 15.0. The SMILES string of the molecule is O=c1[nH]c(Cl)c(C2CCCC2)c(=O)n1-c1ccccc1Br. The van der Waals surface area contributed by atoms with Gasteiger partial charge in [-0.2, -0.15) is 0 Å². The van der Waals surface area contributed by atoms with Crippen molar-refractivity contribution in [2.75, 3.05) is 0 Å². The van der Waals surface area contributed by atoms with E-state index in [1.54, 1.807) is 18.2 Å². The Morgan fingerprint density at radius 2 is 1.86 bits per heavy atom. The summed E-state index contributed by atoms with van der Waals surface area (Å²) in [5.74, 6) is 0.135. The molecule has 0 bridgehead atoms. The monoisotopic (exact) mass is 368 g/mol. The van der Waals surface area contributed by atoms with Gasteiger partial charge < -0.3 is 0 Å². The standard InChI is InChI=1S/C15H14BrClN2O2/c16-10-7-3-4-8-11(10)19-14(20)12(9-5-1-2-6-9)13(17)18-15(19)21/h3-4,7-9H,1-2,5-6H2,(H,18,21). The molecule has 0 saturated heterocycles. The molecule has 1 saturated carbocycles. The third kappa shape index (κ3) is 2.60. The van der Waals surface area contributed by atoms with Crippen molar-refractivity contribution in [2.45, 2.75) is 31.6 Å². The highest BCUT2D eigenvalue weighted by molar-refractivity contribution is 9.10. The minimum Gasteiger partial charge on any atom is -0.297 e. The molecule has 6 heteroatoms. The summed E-state index contributed by atoms with van der Waals surface area (Å²) in [4.78, 5) is 27.6. The summed E-state index contributed by atoms with van der Waals surface area (Å²) in [6, 6.07) is 7.15. The Hall–Kier alpha value is -1.33. The fraction of sp³-hybridized carbons (Fsp3) is 0.333. The van der Waals surface area contributed by atoms with Crippen molar-refractivity contribution in [2.24, 2.45) is 0 Å². The van der Waals surface area contributed by atoms with Gasteiger partial charge >= 0.3 is 5.69 Å². The Kier molecular flexibility index (Phi) is 4.04. The quantitative estimate of drug-likeness (QED) is 0.822. The van der Waals surface area contributed by atoms with E-state index in [-0.39, 0.29) is 16.6 Å². The van der Waals surface area contributed by atoms with Gasteiger partial charge in [-0.15, -0.1) is 0 Å². The number of aromatic amines is 1. The van der Waals surface area contributed by atoms with Gasteiger partial charge in [-0.05, 0) is 46.8 Å². The number of hydrogen-bond donors (Lipinski definition) is 1. The highest BCUT2D eigenvalue weighted by Gasteiger charge is 2.25. The van der Waals surface area contributed by atoms with Crippen LogP contribution in [0.5, 0.6) is 0 Å². The van der Waals surface area contributed by atoms with E-state index in [9.17, 15) is 9.59 Å². The van der Waals surface area contributed by atoms with Crippen LogP contribution in [0.3, 0.4) is 0 Å². The van der Waals surface area contributed by atoms with Crippen LogP contribution in [0.2, 0.25) is 5.15 Å². The zero-order valence-corrected chi connectivity index (χ0v) is 13.6. The largest absolute Gasteiger partial charge is 0.334 e. The lowest BCUT2D eigenvalue weighted by atomic mass is 10.0. The molecule has 3 rings (SSSR count). The fourth-order valence-corrected chi connectivity index (χ4v) is 3.72. The Morgan fingerprint density at radius 3 is 2.52 bits per heavy atom. The second kappa shape index (κ2) is 5.81. The minimum atomic E-state index is -0.515. The van der Waals surface area contributed by atoms with Crippen LogP contribution in [0.4, 0.5) is 0 Å². The van der Waals surface area contributed by atoms with Crippen molar-refractivity contribution in [1.29, 1.82) is 0 Å². The number of hydrogen-bond acceptors (Lipinski definition) is 2. The Balaban J connectivity index is 2.27. The molecular weight excluding hydrogens is 356 g/mol. The molecule has 0 aliphatic heterocycles. The Labute approximate surface area is 134 Å². The lowest BCUT2D eigenvalue weighted by Crippen LogP contribution is -2.37. The molecule has 0 unspecified atom stereocenters. The van der Waals surface area contributed by atoms with Crippen LogP contribution < -0.4 is 11.2 Å².